The van der Waals surface area contributed by atoms with Gasteiger partial charge in [0.1, 0.15) is 0 Å². The predicted molar refractivity (Wildman–Crippen MR) is 233 cm³/mol. The second-order valence-electron chi connectivity index (χ2n) is 13.7. The van der Waals surface area contributed by atoms with Gasteiger partial charge in [-0.05, 0) is 81.4 Å². The topological polar surface area (TPSA) is 3.24 Å². The van der Waals surface area contributed by atoms with Crippen molar-refractivity contribution in [2.75, 3.05) is 4.90 Å². The number of hydrogen-bond acceptors (Lipinski definition) is 3. The smallest absolute Gasteiger partial charge is 0.0476 e. The van der Waals surface area contributed by atoms with Crippen LogP contribution < -0.4 is 4.90 Å². The Balaban J connectivity index is 1.12. The fraction of sp³-hybridized carbons (Fsp3) is 0. The lowest BCUT2D eigenvalue weighted by molar-refractivity contribution is 1.30. The van der Waals surface area contributed by atoms with Gasteiger partial charge in [0.25, 0.3) is 0 Å². The Morgan fingerprint density at radius 1 is 0.321 bits per heavy atom. The normalized spacial score (nSPS) is 11.8. The molecule has 11 aromatic rings. The second kappa shape index (κ2) is 12.2. The van der Waals surface area contributed by atoms with Crippen molar-refractivity contribution in [3.8, 4) is 22.3 Å². The Morgan fingerprint density at radius 3 is 1.85 bits per heavy atom. The molecule has 248 valence electrons. The Hall–Kier alpha value is -6.26. The van der Waals surface area contributed by atoms with Gasteiger partial charge in [0.15, 0.2) is 0 Å². The Kier molecular flexibility index (Phi) is 6.97. The number of nitrogens with zero attached hydrogens (tertiary/aromatic N) is 1. The molecule has 0 bridgehead atoms. The molecule has 0 spiro atoms. The van der Waals surface area contributed by atoms with Gasteiger partial charge in [-0.1, -0.05) is 140 Å². The van der Waals surface area contributed by atoms with Crippen molar-refractivity contribution in [1.29, 1.82) is 0 Å². The van der Waals surface area contributed by atoms with E-state index in [2.05, 4.69) is 193 Å². The van der Waals surface area contributed by atoms with Gasteiger partial charge >= 0.3 is 0 Å². The molecule has 0 amide bonds. The molecule has 9 aromatic carbocycles. The van der Waals surface area contributed by atoms with E-state index in [9.17, 15) is 0 Å². The summed E-state index contributed by atoms with van der Waals surface area (Å²) in [6, 6.07) is 68.9. The van der Waals surface area contributed by atoms with Crippen molar-refractivity contribution < 1.29 is 0 Å². The van der Waals surface area contributed by atoms with Crippen molar-refractivity contribution >= 4 is 102 Å². The van der Waals surface area contributed by atoms with Crippen molar-refractivity contribution in [2.45, 2.75) is 0 Å². The highest BCUT2D eigenvalue weighted by Crippen LogP contribution is 2.49. The van der Waals surface area contributed by atoms with Gasteiger partial charge in [-0.3, -0.25) is 0 Å². The Labute approximate surface area is 315 Å². The minimum absolute atomic E-state index is 1.14. The van der Waals surface area contributed by atoms with Gasteiger partial charge in [0.05, 0.1) is 0 Å². The molecule has 0 aliphatic heterocycles. The van der Waals surface area contributed by atoms with Crippen LogP contribution in [0.5, 0.6) is 0 Å². The zero-order valence-corrected chi connectivity index (χ0v) is 30.3. The SMILES string of the molecule is c1ccc(-c2cccc3sc4c(-c5cc6c7ccc(N(c8ccccc8)c8ccc9ccccc9c8)cc7sc6c6ccccc56)cccc4c23)cc1. The fourth-order valence-corrected chi connectivity index (χ4v) is 10.7. The third-order valence-electron chi connectivity index (χ3n) is 10.6. The van der Waals surface area contributed by atoms with Crippen LogP contribution in [0.3, 0.4) is 0 Å². The van der Waals surface area contributed by atoms with Crippen LogP contribution in [-0.2, 0) is 0 Å². The summed E-state index contributed by atoms with van der Waals surface area (Å²) in [6.45, 7) is 0. The van der Waals surface area contributed by atoms with Crippen LogP contribution in [0, 0.1) is 0 Å². The highest BCUT2D eigenvalue weighted by molar-refractivity contribution is 7.27. The van der Waals surface area contributed by atoms with Gasteiger partial charge in [-0.2, -0.15) is 0 Å². The molecule has 0 N–H and O–H groups in total. The third-order valence-corrected chi connectivity index (χ3v) is 13.0. The summed E-state index contributed by atoms with van der Waals surface area (Å²) in [5.74, 6) is 0. The van der Waals surface area contributed by atoms with Gasteiger partial charge in [-0.15, -0.1) is 22.7 Å². The minimum Gasteiger partial charge on any atom is -0.310 e. The maximum atomic E-state index is 2.46. The van der Waals surface area contributed by atoms with E-state index >= 15 is 0 Å². The number of benzene rings is 9. The monoisotopic (exact) mass is 709 g/mol. The van der Waals surface area contributed by atoms with E-state index in [-0.39, 0.29) is 0 Å². The van der Waals surface area contributed by atoms with E-state index in [1.54, 1.807) is 0 Å². The molecule has 0 fully saturated rings. The first-order valence-electron chi connectivity index (χ1n) is 18.0. The van der Waals surface area contributed by atoms with Gasteiger partial charge < -0.3 is 4.90 Å². The maximum absolute atomic E-state index is 2.46. The molecule has 11 rings (SSSR count). The van der Waals surface area contributed by atoms with Crippen molar-refractivity contribution in [3.63, 3.8) is 0 Å². The number of para-hydroxylation sites is 1. The summed E-state index contributed by atoms with van der Waals surface area (Å²) in [6.07, 6.45) is 0. The lowest BCUT2D eigenvalue weighted by atomic mass is 9.93. The summed E-state index contributed by atoms with van der Waals surface area (Å²) in [7, 11) is 0. The van der Waals surface area contributed by atoms with Crippen molar-refractivity contribution in [2.24, 2.45) is 0 Å². The molecular formula is C50H31NS2. The van der Waals surface area contributed by atoms with Crippen molar-refractivity contribution in [1.82, 2.24) is 0 Å². The maximum Gasteiger partial charge on any atom is 0.0476 e. The molecule has 3 heteroatoms. The highest BCUT2D eigenvalue weighted by atomic mass is 32.1. The Morgan fingerprint density at radius 2 is 0.981 bits per heavy atom. The molecule has 2 heterocycles. The number of anilines is 3. The lowest BCUT2D eigenvalue weighted by Gasteiger charge is -2.26. The molecular weight excluding hydrogens is 679 g/mol. The van der Waals surface area contributed by atoms with Crippen LogP contribution in [0.25, 0.3) is 84.1 Å². The first-order chi connectivity index (χ1) is 26.3. The summed E-state index contributed by atoms with van der Waals surface area (Å²) in [5, 5.41) is 10.3. The van der Waals surface area contributed by atoms with E-state index in [1.165, 1.54) is 84.1 Å². The van der Waals surface area contributed by atoms with Crippen LogP contribution in [0.1, 0.15) is 0 Å². The predicted octanol–water partition coefficient (Wildman–Crippen LogP) is 15.5. The van der Waals surface area contributed by atoms with Crippen LogP contribution in [0.2, 0.25) is 0 Å². The molecule has 0 aliphatic rings. The number of hydrogen-bond donors (Lipinski definition) is 0. The van der Waals surface area contributed by atoms with E-state index < -0.39 is 0 Å². The largest absolute Gasteiger partial charge is 0.310 e. The Bertz CT molecular complexity index is 3170. The molecule has 0 saturated heterocycles. The third kappa shape index (κ3) is 4.89. The highest BCUT2D eigenvalue weighted by Gasteiger charge is 2.20. The molecule has 0 saturated carbocycles. The number of fused-ring (bicyclic) bond motifs is 9. The molecule has 0 aliphatic carbocycles. The minimum atomic E-state index is 1.14. The van der Waals surface area contributed by atoms with E-state index in [0.717, 1.165) is 17.1 Å². The summed E-state index contributed by atoms with van der Waals surface area (Å²) in [4.78, 5) is 2.38. The van der Waals surface area contributed by atoms with E-state index in [4.69, 9.17) is 0 Å². The fourth-order valence-electron chi connectivity index (χ4n) is 8.21. The molecule has 0 unspecified atom stereocenters. The van der Waals surface area contributed by atoms with Gasteiger partial charge in [0, 0.05) is 68.4 Å². The standard InChI is InChI=1S/C50H31NS2/c1-3-14-33(15-4-1)38-21-12-24-46-48(38)43-23-11-22-42(49(43)52-46)44-31-45-40-28-27-37(30-47(40)53-50(45)41-20-10-9-19-39(41)44)51(35-17-5-2-6-18-35)36-26-25-32-13-7-8-16-34(32)29-36/h1-31H. The van der Waals surface area contributed by atoms with Crippen molar-refractivity contribution in [3.05, 3.63) is 188 Å². The van der Waals surface area contributed by atoms with Crippen LogP contribution >= 0.6 is 22.7 Å². The molecule has 53 heavy (non-hydrogen) atoms. The average molecular weight is 710 g/mol. The van der Waals surface area contributed by atoms with Crippen LogP contribution in [0.15, 0.2) is 188 Å². The molecule has 1 nitrogen and oxygen atoms in total. The summed E-state index contributed by atoms with van der Waals surface area (Å²) in [5.41, 5.74) is 8.57. The van der Waals surface area contributed by atoms with Crippen LogP contribution in [0.4, 0.5) is 17.1 Å². The quantitative estimate of drug-likeness (QED) is 0.172. The van der Waals surface area contributed by atoms with E-state index in [1.807, 2.05) is 22.7 Å². The molecule has 2 aromatic heterocycles. The number of thiophene rings is 2. The van der Waals surface area contributed by atoms with Crippen LogP contribution in [-0.4, -0.2) is 0 Å². The van der Waals surface area contributed by atoms with E-state index in [0.29, 0.717) is 0 Å². The first kappa shape index (κ1) is 30.4. The lowest BCUT2D eigenvalue weighted by Crippen LogP contribution is -2.09. The molecule has 0 radical (unpaired) electrons. The zero-order valence-electron chi connectivity index (χ0n) is 28.7. The molecule has 0 atom stereocenters. The zero-order chi connectivity index (χ0) is 34.9. The first-order valence-corrected chi connectivity index (χ1v) is 19.6. The van der Waals surface area contributed by atoms with Gasteiger partial charge in [-0.25, -0.2) is 0 Å². The number of rotatable bonds is 5. The van der Waals surface area contributed by atoms with Gasteiger partial charge in [0.2, 0.25) is 0 Å². The average Bonchev–Trinajstić information content (AvgIpc) is 3.80. The summed E-state index contributed by atoms with van der Waals surface area (Å²) >= 11 is 3.81. The summed E-state index contributed by atoms with van der Waals surface area (Å²) < 4.78 is 5.28. The second-order valence-corrected chi connectivity index (χ2v) is 15.8.